The van der Waals surface area contributed by atoms with Gasteiger partial charge < -0.3 is 20.1 Å². The van der Waals surface area contributed by atoms with Crippen molar-refractivity contribution in [3.05, 3.63) is 96.6 Å². The van der Waals surface area contributed by atoms with Gasteiger partial charge in [-0.1, -0.05) is 46.5 Å². The van der Waals surface area contributed by atoms with E-state index in [0.29, 0.717) is 54.4 Å². The molecule has 2 heterocycles. The summed E-state index contributed by atoms with van der Waals surface area (Å²) in [6.07, 6.45) is 0. The number of hydrogen-bond donors (Lipinski definition) is 2. The molecule has 1 aliphatic rings. The zero-order valence-corrected chi connectivity index (χ0v) is 25.1. The summed E-state index contributed by atoms with van der Waals surface area (Å²) >= 11 is 16.3. The highest BCUT2D eigenvalue weighted by Gasteiger charge is 2.35. The highest BCUT2D eigenvalue weighted by molar-refractivity contribution is 9.10. The lowest BCUT2D eigenvalue weighted by Gasteiger charge is -2.29. The lowest BCUT2D eigenvalue weighted by molar-refractivity contribution is -0.113. The summed E-state index contributed by atoms with van der Waals surface area (Å²) in [5, 5.41) is 19.3. The van der Waals surface area contributed by atoms with Crippen LogP contribution in [0.3, 0.4) is 0 Å². The number of amides is 1. The predicted octanol–water partition coefficient (Wildman–Crippen LogP) is 6.87. The molecule has 3 aromatic carbocycles. The van der Waals surface area contributed by atoms with E-state index in [1.54, 1.807) is 36.1 Å². The van der Waals surface area contributed by atoms with Gasteiger partial charge in [0.15, 0.2) is 11.5 Å². The minimum absolute atomic E-state index is 0.125. The number of aryl methyl sites for hydroxylation is 1. The first-order valence-corrected chi connectivity index (χ1v) is 13.8. The van der Waals surface area contributed by atoms with Gasteiger partial charge in [-0.05, 0) is 94.2 Å². The monoisotopic (exact) mass is 642 g/mol. The summed E-state index contributed by atoms with van der Waals surface area (Å²) in [7, 11) is 1.54. The maximum atomic E-state index is 13.8. The third-order valence-corrected chi connectivity index (χ3v) is 8.10. The molecule has 9 nitrogen and oxygen atoms in total. The summed E-state index contributed by atoms with van der Waals surface area (Å²) in [5.41, 5.74) is 5.23. The lowest BCUT2D eigenvalue weighted by atomic mass is 9.94. The molecule has 1 aliphatic heterocycles. The van der Waals surface area contributed by atoms with Crippen molar-refractivity contribution in [2.45, 2.75) is 33.4 Å². The average molecular weight is 644 g/mol. The van der Waals surface area contributed by atoms with E-state index in [-0.39, 0.29) is 12.5 Å². The first-order valence-electron chi connectivity index (χ1n) is 12.3. The Bertz CT molecular complexity index is 1630. The molecule has 1 aromatic heterocycles. The fourth-order valence-corrected chi connectivity index (χ4v) is 5.62. The Morgan fingerprint density at radius 1 is 1.12 bits per heavy atom. The molecule has 2 N–H and O–H groups in total. The lowest BCUT2D eigenvalue weighted by Crippen LogP contribution is -2.31. The van der Waals surface area contributed by atoms with E-state index in [1.807, 2.05) is 45.0 Å². The van der Waals surface area contributed by atoms with E-state index in [4.69, 9.17) is 32.7 Å². The highest BCUT2D eigenvalue weighted by atomic mass is 79.9. The smallest absolute Gasteiger partial charge is 0.255 e. The molecular formula is C28H25BrCl2N6O3. The molecule has 0 saturated heterocycles. The van der Waals surface area contributed by atoms with Gasteiger partial charge in [0.2, 0.25) is 5.95 Å². The van der Waals surface area contributed by atoms with Crippen LogP contribution in [0.4, 0.5) is 11.6 Å². The Balaban J connectivity index is 1.53. The minimum atomic E-state index is -0.659. The van der Waals surface area contributed by atoms with Crippen LogP contribution in [0.2, 0.25) is 10.0 Å². The van der Waals surface area contributed by atoms with Crippen LogP contribution in [-0.2, 0) is 11.4 Å². The summed E-state index contributed by atoms with van der Waals surface area (Å²) in [5.74, 6) is 1.02. The fraction of sp³-hybridized carbons (Fsp3) is 0.214. The quantitative estimate of drug-likeness (QED) is 0.226. The number of halogens is 3. The number of nitrogens with zero attached hydrogens (tertiary/aromatic N) is 4. The van der Waals surface area contributed by atoms with Crippen molar-refractivity contribution >= 4 is 56.7 Å². The van der Waals surface area contributed by atoms with E-state index in [0.717, 1.165) is 16.8 Å². The molecule has 0 radical (unpaired) electrons. The predicted molar refractivity (Wildman–Crippen MR) is 158 cm³/mol. The third kappa shape index (κ3) is 5.26. The molecular weight excluding hydrogens is 619 g/mol. The van der Waals surface area contributed by atoms with E-state index in [1.165, 1.54) is 0 Å². The molecule has 40 heavy (non-hydrogen) atoms. The summed E-state index contributed by atoms with van der Waals surface area (Å²) in [4.78, 5) is 13.8. The normalized spacial score (nSPS) is 14.4. The fourth-order valence-electron chi connectivity index (χ4n) is 4.54. The molecule has 206 valence electrons. The number of hydrogen-bond acceptors (Lipinski definition) is 7. The van der Waals surface area contributed by atoms with Crippen molar-refractivity contribution in [2.24, 2.45) is 0 Å². The van der Waals surface area contributed by atoms with Crippen LogP contribution >= 0.6 is 39.1 Å². The molecule has 1 atom stereocenters. The van der Waals surface area contributed by atoms with Crippen LogP contribution in [0, 0.1) is 13.8 Å². The Morgan fingerprint density at radius 2 is 1.85 bits per heavy atom. The van der Waals surface area contributed by atoms with Crippen molar-refractivity contribution in [1.29, 1.82) is 0 Å². The van der Waals surface area contributed by atoms with E-state index >= 15 is 0 Å². The maximum Gasteiger partial charge on any atom is 0.255 e. The molecule has 4 aromatic rings. The van der Waals surface area contributed by atoms with Gasteiger partial charge in [0.1, 0.15) is 12.6 Å². The van der Waals surface area contributed by atoms with E-state index in [2.05, 4.69) is 42.1 Å². The number of rotatable bonds is 7. The van der Waals surface area contributed by atoms with Crippen LogP contribution < -0.4 is 20.1 Å². The second-order valence-electron chi connectivity index (χ2n) is 9.24. The second kappa shape index (κ2) is 11.5. The molecule has 0 saturated carbocycles. The van der Waals surface area contributed by atoms with Gasteiger partial charge in [-0.3, -0.25) is 4.79 Å². The zero-order valence-electron chi connectivity index (χ0n) is 22.1. The van der Waals surface area contributed by atoms with Crippen LogP contribution in [0.25, 0.3) is 0 Å². The van der Waals surface area contributed by atoms with Crippen molar-refractivity contribution in [2.75, 3.05) is 17.7 Å². The molecule has 1 amide bonds. The van der Waals surface area contributed by atoms with Gasteiger partial charge >= 0.3 is 0 Å². The average Bonchev–Trinajstić information content (AvgIpc) is 3.38. The molecule has 0 bridgehead atoms. The highest BCUT2D eigenvalue weighted by Crippen LogP contribution is 2.43. The number of tetrazole rings is 1. The van der Waals surface area contributed by atoms with E-state index in [9.17, 15) is 4.79 Å². The van der Waals surface area contributed by atoms with Crippen LogP contribution in [0.5, 0.6) is 11.5 Å². The number of nitrogens with one attached hydrogen (secondary N) is 2. The number of anilines is 2. The molecule has 5 rings (SSSR count). The standard InChI is InChI=1S/C28H25BrCl2N6O3/c1-14-7-5-10-22(15(14)2)33-27(38)24-16(3)32-28-34-35-36-37(28)25(24)17-11-19(29)26(23(12-17)39-4)40-13-18-20(30)8-6-9-21(18)31/h5-12,25H,13H2,1-4H3,(H,33,38)(H,32,34,36). The van der Waals surface area contributed by atoms with Crippen LogP contribution in [0.15, 0.2) is 64.3 Å². The number of benzene rings is 3. The van der Waals surface area contributed by atoms with Gasteiger partial charge in [-0.25, -0.2) is 0 Å². The number of aromatic nitrogens is 4. The third-order valence-electron chi connectivity index (χ3n) is 6.80. The summed E-state index contributed by atoms with van der Waals surface area (Å²) in [6.45, 7) is 5.92. The van der Waals surface area contributed by atoms with Crippen molar-refractivity contribution in [1.82, 2.24) is 20.2 Å². The summed E-state index contributed by atoms with van der Waals surface area (Å²) in [6, 6.07) is 14.1. The van der Waals surface area contributed by atoms with Crippen LogP contribution in [0.1, 0.15) is 35.2 Å². The first-order chi connectivity index (χ1) is 19.2. The number of allylic oxidation sites excluding steroid dienone is 1. The number of methoxy groups -OCH3 is 1. The zero-order chi connectivity index (χ0) is 28.6. The molecule has 1 unspecified atom stereocenters. The van der Waals surface area contributed by atoms with E-state index < -0.39 is 6.04 Å². The van der Waals surface area contributed by atoms with Crippen molar-refractivity contribution in [3.8, 4) is 11.5 Å². The number of carbonyl (C=O) groups is 1. The van der Waals surface area contributed by atoms with Crippen molar-refractivity contribution in [3.63, 3.8) is 0 Å². The number of fused-ring (bicyclic) bond motifs is 1. The summed E-state index contributed by atoms with van der Waals surface area (Å²) < 4.78 is 14.0. The SMILES string of the molecule is COc1cc(C2C(C(=O)Nc3cccc(C)c3C)=C(C)Nc3nnnn32)cc(Br)c1OCc1c(Cl)cccc1Cl. The Kier molecular flexibility index (Phi) is 8.02. The molecule has 0 aliphatic carbocycles. The minimum Gasteiger partial charge on any atom is -0.493 e. The molecule has 12 heteroatoms. The van der Waals surface area contributed by atoms with Gasteiger partial charge in [0.25, 0.3) is 5.91 Å². The topological polar surface area (TPSA) is 103 Å². The first kappa shape index (κ1) is 27.9. The number of ether oxygens (including phenoxy) is 2. The number of carbonyl (C=O) groups excluding carboxylic acids is 1. The Labute approximate surface area is 249 Å². The van der Waals surface area contributed by atoms with Gasteiger partial charge in [0.05, 0.1) is 17.2 Å². The molecule has 0 spiro atoms. The van der Waals surface area contributed by atoms with Crippen LogP contribution in [-0.4, -0.2) is 33.2 Å². The Morgan fingerprint density at radius 3 is 2.58 bits per heavy atom. The van der Waals surface area contributed by atoms with Gasteiger partial charge in [0, 0.05) is 27.0 Å². The maximum absolute atomic E-state index is 13.8. The van der Waals surface area contributed by atoms with Crippen molar-refractivity contribution < 1.29 is 14.3 Å². The largest absolute Gasteiger partial charge is 0.493 e. The van der Waals surface area contributed by atoms with Gasteiger partial charge in [-0.15, -0.1) is 0 Å². The second-order valence-corrected chi connectivity index (χ2v) is 10.9. The van der Waals surface area contributed by atoms with Gasteiger partial charge in [-0.2, -0.15) is 4.68 Å². The molecule has 0 fully saturated rings. The Hall–Kier alpha value is -3.60.